The number of amides is 1. The first-order valence-corrected chi connectivity index (χ1v) is 9.71. The van der Waals surface area contributed by atoms with E-state index in [2.05, 4.69) is 34.2 Å². The smallest absolute Gasteiger partial charge is 0.241 e. The van der Waals surface area contributed by atoms with Gasteiger partial charge in [0, 0.05) is 37.7 Å². The van der Waals surface area contributed by atoms with Gasteiger partial charge in [0.2, 0.25) is 17.6 Å². The molecule has 3 heterocycles. The Bertz CT molecular complexity index is 776. The van der Waals surface area contributed by atoms with Crippen molar-refractivity contribution in [1.82, 2.24) is 25.3 Å². The van der Waals surface area contributed by atoms with E-state index in [0.717, 1.165) is 44.8 Å². The van der Waals surface area contributed by atoms with Gasteiger partial charge < -0.3 is 14.7 Å². The summed E-state index contributed by atoms with van der Waals surface area (Å²) in [5.41, 5.74) is 2.17. The van der Waals surface area contributed by atoms with Crippen LogP contribution in [-0.4, -0.2) is 65.1 Å². The van der Waals surface area contributed by atoms with E-state index in [9.17, 15) is 4.79 Å². The van der Waals surface area contributed by atoms with E-state index in [1.54, 1.807) is 0 Å². The summed E-state index contributed by atoms with van der Waals surface area (Å²) in [6.07, 6.45) is 0. The van der Waals surface area contributed by atoms with Crippen molar-refractivity contribution in [2.24, 2.45) is 11.8 Å². The van der Waals surface area contributed by atoms with Crippen LogP contribution in [0.1, 0.15) is 18.4 Å². The van der Waals surface area contributed by atoms with Gasteiger partial charge in [-0.2, -0.15) is 4.98 Å². The minimum Gasteiger partial charge on any atom is -0.340 e. The van der Waals surface area contributed by atoms with Crippen LogP contribution in [0.15, 0.2) is 28.8 Å². The molecular weight excluding hydrogens is 342 g/mol. The predicted molar refractivity (Wildman–Crippen MR) is 102 cm³/mol. The molecule has 1 N–H and O–H groups in total. The van der Waals surface area contributed by atoms with Crippen LogP contribution in [0, 0.1) is 18.8 Å². The molecule has 2 aliphatic heterocycles. The Labute approximate surface area is 159 Å². The third-order valence-corrected chi connectivity index (χ3v) is 5.73. The molecule has 2 aromatic rings. The molecule has 1 unspecified atom stereocenters. The Morgan fingerprint density at radius 2 is 1.93 bits per heavy atom. The van der Waals surface area contributed by atoms with Gasteiger partial charge >= 0.3 is 0 Å². The second-order valence-corrected chi connectivity index (χ2v) is 7.69. The largest absolute Gasteiger partial charge is 0.340 e. The van der Waals surface area contributed by atoms with Crippen molar-refractivity contribution in [3.05, 3.63) is 35.7 Å². The zero-order chi connectivity index (χ0) is 18.8. The molecule has 0 radical (unpaired) electrons. The topological polar surface area (TPSA) is 74.5 Å². The van der Waals surface area contributed by atoms with E-state index in [1.807, 2.05) is 29.2 Å². The summed E-state index contributed by atoms with van der Waals surface area (Å²) in [6.45, 7) is 9.88. The standard InChI is InChI=1S/C20H27N5O2/c1-14-3-5-16(6-4-14)19-22-18(27-23-19)13-24-7-9-25(10-8-24)20(26)15(2)17-11-21-12-17/h3-6,15,17,21H,7-13H2,1-2H3. The summed E-state index contributed by atoms with van der Waals surface area (Å²) in [6, 6.07) is 8.10. The van der Waals surface area contributed by atoms with Gasteiger partial charge in [0.1, 0.15) is 0 Å². The van der Waals surface area contributed by atoms with Gasteiger partial charge in [-0.25, -0.2) is 0 Å². The highest BCUT2D eigenvalue weighted by Crippen LogP contribution is 2.20. The molecule has 1 aromatic carbocycles. The normalized spacial score (nSPS) is 19.7. The quantitative estimate of drug-likeness (QED) is 0.862. The Morgan fingerprint density at radius 1 is 1.22 bits per heavy atom. The number of carbonyl (C=O) groups excluding carboxylic acids is 1. The van der Waals surface area contributed by atoms with Crippen LogP contribution in [0.25, 0.3) is 11.4 Å². The number of nitrogens with zero attached hydrogens (tertiary/aromatic N) is 4. The van der Waals surface area contributed by atoms with E-state index in [0.29, 0.717) is 30.1 Å². The van der Waals surface area contributed by atoms with Crippen LogP contribution < -0.4 is 5.32 Å². The molecule has 1 atom stereocenters. The van der Waals surface area contributed by atoms with Gasteiger partial charge in [-0.05, 0) is 25.9 Å². The summed E-state index contributed by atoms with van der Waals surface area (Å²) in [5.74, 6) is 2.15. The van der Waals surface area contributed by atoms with Crippen molar-refractivity contribution in [1.29, 1.82) is 0 Å². The molecular formula is C20H27N5O2. The van der Waals surface area contributed by atoms with Crippen molar-refractivity contribution in [3.63, 3.8) is 0 Å². The molecule has 144 valence electrons. The highest BCUT2D eigenvalue weighted by atomic mass is 16.5. The van der Waals surface area contributed by atoms with Gasteiger partial charge in [-0.15, -0.1) is 0 Å². The van der Waals surface area contributed by atoms with E-state index in [1.165, 1.54) is 5.56 Å². The minimum absolute atomic E-state index is 0.116. The van der Waals surface area contributed by atoms with Gasteiger partial charge in [-0.1, -0.05) is 41.9 Å². The van der Waals surface area contributed by atoms with Crippen LogP contribution in [0.3, 0.4) is 0 Å². The molecule has 0 bridgehead atoms. The number of benzene rings is 1. The lowest BCUT2D eigenvalue weighted by Crippen LogP contribution is -2.54. The highest BCUT2D eigenvalue weighted by molar-refractivity contribution is 5.79. The third-order valence-electron chi connectivity index (χ3n) is 5.73. The fourth-order valence-corrected chi connectivity index (χ4v) is 3.61. The molecule has 4 rings (SSSR count). The molecule has 7 nitrogen and oxygen atoms in total. The van der Waals surface area contributed by atoms with E-state index >= 15 is 0 Å². The highest BCUT2D eigenvalue weighted by Gasteiger charge is 2.33. The maximum atomic E-state index is 12.6. The molecule has 2 aliphatic rings. The third kappa shape index (κ3) is 4.04. The Morgan fingerprint density at radius 3 is 2.56 bits per heavy atom. The van der Waals surface area contributed by atoms with E-state index < -0.39 is 0 Å². The molecule has 27 heavy (non-hydrogen) atoms. The maximum Gasteiger partial charge on any atom is 0.241 e. The summed E-state index contributed by atoms with van der Waals surface area (Å²) in [5, 5.41) is 7.35. The first-order valence-electron chi connectivity index (χ1n) is 9.71. The van der Waals surface area contributed by atoms with Crippen molar-refractivity contribution >= 4 is 5.91 Å². The predicted octanol–water partition coefficient (Wildman–Crippen LogP) is 1.54. The maximum absolute atomic E-state index is 12.6. The van der Waals surface area contributed by atoms with Crippen molar-refractivity contribution < 1.29 is 9.32 Å². The van der Waals surface area contributed by atoms with Crippen LogP contribution in [0.5, 0.6) is 0 Å². The van der Waals surface area contributed by atoms with Crippen LogP contribution in [0.4, 0.5) is 0 Å². The second-order valence-electron chi connectivity index (χ2n) is 7.69. The first kappa shape index (κ1) is 18.1. The van der Waals surface area contributed by atoms with Crippen molar-refractivity contribution in [2.45, 2.75) is 20.4 Å². The van der Waals surface area contributed by atoms with Gasteiger partial charge in [0.15, 0.2) is 0 Å². The Hall–Kier alpha value is -2.25. The average molecular weight is 369 g/mol. The van der Waals surface area contributed by atoms with Crippen molar-refractivity contribution in [3.8, 4) is 11.4 Å². The number of hydrogen-bond donors (Lipinski definition) is 1. The zero-order valence-electron chi connectivity index (χ0n) is 16.0. The lowest BCUT2D eigenvalue weighted by molar-refractivity contribution is -0.139. The lowest BCUT2D eigenvalue weighted by Gasteiger charge is -2.38. The molecule has 0 saturated carbocycles. The van der Waals surface area contributed by atoms with E-state index in [4.69, 9.17) is 4.52 Å². The number of aryl methyl sites for hydroxylation is 1. The molecule has 0 aliphatic carbocycles. The van der Waals surface area contributed by atoms with Gasteiger partial charge in [0.05, 0.1) is 6.54 Å². The fourth-order valence-electron chi connectivity index (χ4n) is 3.61. The average Bonchev–Trinajstić information content (AvgIpc) is 3.09. The molecule has 1 aromatic heterocycles. The van der Waals surface area contributed by atoms with Gasteiger partial charge in [-0.3, -0.25) is 9.69 Å². The molecule has 2 saturated heterocycles. The monoisotopic (exact) mass is 369 g/mol. The Kier molecular flexibility index (Phi) is 5.22. The van der Waals surface area contributed by atoms with E-state index in [-0.39, 0.29) is 5.92 Å². The number of nitrogens with one attached hydrogen (secondary N) is 1. The van der Waals surface area contributed by atoms with Crippen LogP contribution in [0.2, 0.25) is 0 Å². The second kappa shape index (κ2) is 7.78. The SMILES string of the molecule is Cc1ccc(-c2noc(CN3CCN(C(=O)C(C)C4CNC4)CC3)n2)cc1. The van der Waals surface area contributed by atoms with Crippen LogP contribution in [-0.2, 0) is 11.3 Å². The Balaban J connectivity index is 1.29. The summed E-state index contributed by atoms with van der Waals surface area (Å²) < 4.78 is 5.43. The minimum atomic E-state index is 0.116. The number of piperazine rings is 1. The first-order chi connectivity index (χ1) is 13.1. The van der Waals surface area contributed by atoms with Crippen molar-refractivity contribution in [2.75, 3.05) is 39.3 Å². The van der Waals surface area contributed by atoms with Gasteiger partial charge in [0.25, 0.3) is 0 Å². The molecule has 7 heteroatoms. The summed E-state index contributed by atoms with van der Waals surface area (Å²) in [4.78, 5) is 21.4. The molecule has 2 fully saturated rings. The molecule has 0 spiro atoms. The number of hydrogen-bond acceptors (Lipinski definition) is 6. The van der Waals surface area contributed by atoms with Crippen LogP contribution >= 0.6 is 0 Å². The summed E-state index contributed by atoms with van der Waals surface area (Å²) >= 11 is 0. The lowest BCUT2D eigenvalue weighted by atomic mass is 9.88. The summed E-state index contributed by atoms with van der Waals surface area (Å²) in [7, 11) is 0. The number of aromatic nitrogens is 2. The fraction of sp³-hybridized carbons (Fsp3) is 0.550. The zero-order valence-corrected chi connectivity index (χ0v) is 16.0. The molecule has 1 amide bonds. The number of rotatable bonds is 5. The number of carbonyl (C=O) groups is 1.